The molecule has 93 heavy (non-hydrogen) atoms. The molecule has 0 bridgehead atoms. The quantitative estimate of drug-likeness (QED) is 0.133. The molecule has 0 N–H and O–H groups in total. The average molecular weight is 1190 g/mol. The minimum absolute atomic E-state index is 0.299. The van der Waals surface area contributed by atoms with Gasteiger partial charge in [-0.1, -0.05) is 323 Å². The van der Waals surface area contributed by atoms with Gasteiger partial charge in [0.1, 0.15) is 0 Å². The number of hydrogen-bond acceptors (Lipinski definition) is 2. The zero-order chi connectivity index (χ0) is 61.8. The summed E-state index contributed by atoms with van der Waals surface area (Å²) < 4.78 is 0. The Morgan fingerprint density at radius 1 is 0.226 bits per heavy atom. The van der Waals surface area contributed by atoms with Crippen molar-refractivity contribution in [3.05, 3.63) is 407 Å². The summed E-state index contributed by atoms with van der Waals surface area (Å²) >= 11 is 0. The van der Waals surface area contributed by atoms with Gasteiger partial charge in [-0.3, -0.25) is 0 Å². The summed E-state index contributed by atoms with van der Waals surface area (Å²) in [5, 5.41) is 4.78. The SMILES string of the molecule is CC1(C)c2ccccc2-c2cccc(-c3c4cccc(-c5cccc6c5N(c5ccccc5)c5ccccc5C6(c5ccccc5)c5ccccc5)c4cc4c(-c5cccc6c5N(c5ccccc5)c5ccccc5C6(c5ccccc5)c5ccccc5)cccc34)c21. The zero-order valence-corrected chi connectivity index (χ0v) is 51.9. The molecular formula is C91H64N2. The molecule has 0 amide bonds. The lowest BCUT2D eigenvalue weighted by Gasteiger charge is -2.47. The predicted molar refractivity (Wildman–Crippen MR) is 388 cm³/mol. The zero-order valence-electron chi connectivity index (χ0n) is 51.9. The Bertz CT molecular complexity index is 5040. The molecule has 15 aromatic carbocycles. The molecule has 2 aliphatic heterocycles. The molecule has 0 unspecified atom stereocenters. The Hall–Kier alpha value is -11.6. The molecule has 3 aliphatic rings. The van der Waals surface area contributed by atoms with Crippen LogP contribution in [-0.2, 0) is 16.2 Å². The van der Waals surface area contributed by atoms with E-state index in [0.717, 1.165) is 56.4 Å². The van der Waals surface area contributed by atoms with Crippen molar-refractivity contribution >= 4 is 55.7 Å². The van der Waals surface area contributed by atoms with E-state index in [1.165, 1.54) is 99.4 Å². The highest BCUT2D eigenvalue weighted by Gasteiger charge is 2.49. The van der Waals surface area contributed by atoms with Gasteiger partial charge in [-0.05, 0) is 153 Å². The van der Waals surface area contributed by atoms with E-state index in [-0.39, 0.29) is 5.41 Å². The van der Waals surface area contributed by atoms with Crippen LogP contribution in [0.4, 0.5) is 34.1 Å². The van der Waals surface area contributed by atoms with Crippen LogP contribution in [0, 0.1) is 0 Å². The van der Waals surface area contributed by atoms with Gasteiger partial charge in [-0.2, -0.15) is 0 Å². The smallest absolute Gasteiger partial charge is 0.0742 e. The first-order chi connectivity index (χ1) is 46.0. The molecule has 2 nitrogen and oxygen atoms in total. The fourth-order valence-electron chi connectivity index (χ4n) is 17.1. The van der Waals surface area contributed by atoms with E-state index in [0.29, 0.717) is 0 Å². The second-order valence-electron chi connectivity index (χ2n) is 25.7. The molecule has 2 heterocycles. The number of para-hydroxylation sites is 6. The van der Waals surface area contributed by atoms with E-state index in [1.54, 1.807) is 0 Å². The fraction of sp³-hybridized carbons (Fsp3) is 0.0549. The molecule has 2 heteroatoms. The van der Waals surface area contributed by atoms with Gasteiger partial charge < -0.3 is 9.80 Å². The van der Waals surface area contributed by atoms with Gasteiger partial charge in [0.15, 0.2) is 0 Å². The molecule has 0 aromatic heterocycles. The molecule has 0 atom stereocenters. The van der Waals surface area contributed by atoms with Crippen LogP contribution in [0.1, 0.15) is 69.5 Å². The number of hydrogen-bond donors (Lipinski definition) is 0. The highest BCUT2D eigenvalue weighted by atomic mass is 15.2. The Labute approximate surface area is 544 Å². The van der Waals surface area contributed by atoms with Crippen molar-refractivity contribution in [3.8, 4) is 44.5 Å². The summed E-state index contributed by atoms with van der Waals surface area (Å²) in [6, 6.07) is 132. The van der Waals surface area contributed by atoms with Crippen LogP contribution < -0.4 is 9.80 Å². The first kappa shape index (κ1) is 54.4. The molecule has 0 saturated carbocycles. The molecule has 1 aliphatic carbocycles. The minimum atomic E-state index is -0.694. The topological polar surface area (TPSA) is 6.48 Å². The molecule has 0 fully saturated rings. The Morgan fingerprint density at radius 2 is 0.538 bits per heavy atom. The van der Waals surface area contributed by atoms with Gasteiger partial charge >= 0.3 is 0 Å². The second kappa shape index (κ2) is 21.3. The average Bonchev–Trinajstić information content (AvgIpc) is 1.30. The predicted octanol–water partition coefficient (Wildman–Crippen LogP) is 23.6. The summed E-state index contributed by atoms with van der Waals surface area (Å²) in [5.41, 5.74) is 27.3. The van der Waals surface area contributed by atoms with Crippen molar-refractivity contribution in [3.63, 3.8) is 0 Å². The number of anilines is 6. The maximum absolute atomic E-state index is 2.57. The monoisotopic (exact) mass is 1180 g/mol. The first-order valence-electron chi connectivity index (χ1n) is 32.6. The number of benzene rings is 15. The van der Waals surface area contributed by atoms with Gasteiger partial charge in [-0.25, -0.2) is 0 Å². The van der Waals surface area contributed by atoms with E-state index in [1.807, 2.05) is 0 Å². The van der Waals surface area contributed by atoms with Crippen molar-refractivity contribution in [2.75, 3.05) is 9.80 Å². The third kappa shape index (κ3) is 7.82. The van der Waals surface area contributed by atoms with Crippen molar-refractivity contribution < 1.29 is 0 Å². The van der Waals surface area contributed by atoms with E-state index >= 15 is 0 Å². The van der Waals surface area contributed by atoms with Crippen LogP contribution in [0.3, 0.4) is 0 Å². The molecular weight excluding hydrogens is 1120 g/mol. The number of nitrogens with zero attached hydrogens (tertiary/aromatic N) is 2. The van der Waals surface area contributed by atoms with Crippen LogP contribution >= 0.6 is 0 Å². The molecule has 438 valence electrons. The molecule has 0 saturated heterocycles. The van der Waals surface area contributed by atoms with Gasteiger partial charge in [-0.15, -0.1) is 0 Å². The van der Waals surface area contributed by atoms with Crippen molar-refractivity contribution in [1.29, 1.82) is 0 Å². The van der Waals surface area contributed by atoms with Crippen LogP contribution in [0.25, 0.3) is 66.1 Å². The molecule has 18 rings (SSSR count). The van der Waals surface area contributed by atoms with Gasteiger partial charge in [0.25, 0.3) is 0 Å². The fourth-order valence-corrected chi connectivity index (χ4v) is 17.1. The highest BCUT2D eigenvalue weighted by Crippen LogP contribution is 2.63. The Kier molecular flexibility index (Phi) is 12.4. The third-order valence-corrected chi connectivity index (χ3v) is 20.8. The van der Waals surface area contributed by atoms with Crippen LogP contribution in [-0.4, -0.2) is 0 Å². The number of fused-ring (bicyclic) bond motifs is 9. The Morgan fingerprint density at radius 3 is 0.978 bits per heavy atom. The van der Waals surface area contributed by atoms with Gasteiger partial charge in [0.05, 0.1) is 33.6 Å². The Balaban J connectivity index is 0.996. The second-order valence-corrected chi connectivity index (χ2v) is 25.7. The third-order valence-electron chi connectivity index (χ3n) is 20.8. The van der Waals surface area contributed by atoms with Crippen molar-refractivity contribution in [2.24, 2.45) is 0 Å². The standard InChI is InChI=1S/C91H64N2/c1-89(2)78-53-22-21-44-69(78)72-49-29-52-75(86(72)89)85-70-47-27-45-67(73-50-30-56-81-87(73)92(65-40-17-7-18-41-65)83-58-25-23-54-79(83)90(81,61-32-9-3-10-33-61)62-34-11-4-12-35-62)76(70)60-77-68(46-28-48-71(77)85)74-51-31-57-82-88(74)93(66-42-19-8-20-43-66)84-59-26-24-55-80(84)91(82,63-36-13-5-14-37-63)64-38-15-6-16-39-64/h3-60H,1-2H3. The maximum Gasteiger partial charge on any atom is 0.0742 e. The van der Waals surface area contributed by atoms with Crippen LogP contribution in [0.2, 0.25) is 0 Å². The summed E-state index contributed by atoms with van der Waals surface area (Å²) in [5.74, 6) is 0. The van der Waals surface area contributed by atoms with E-state index in [2.05, 4.69) is 375 Å². The highest BCUT2D eigenvalue weighted by molar-refractivity contribution is 6.21. The van der Waals surface area contributed by atoms with Crippen LogP contribution in [0.5, 0.6) is 0 Å². The first-order valence-corrected chi connectivity index (χ1v) is 32.6. The number of rotatable bonds is 9. The van der Waals surface area contributed by atoms with Crippen molar-refractivity contribution in [2.45, 2.75) is 30.1 Å². The molecule has 0 radical (unpaired) electrons. The normalized spacial score (nSPS) is 14.3. The lowest BCUT2D eigenvalue weighted by Crippen LogP contribution is -2.38. The lowest BCUT2D eigenvalue weighted by atomic mass is 9.62. The minimum Gasteiger partial charge on any atom is -0.309 e. The lowest BCUT2D eigenvalue weighted by molar-refractivity contribution is 0.662. The molecule has 15 aromatic rings. The summed E-state index contributed by atoms with van der Waals surface area (Å²) in [7, 11) is 0. The van der Waals surface area contributed by atoms with Gasteiger partial charge in [0, 0.05) is 27.9 Å². The maximum atomic E-state index is 2.57. The van der Waals surface area contributed by atoms with Crippen LogP contribution in [0.15, 0.2) is 352 Å². The largest absolute Gasteiger partial charge is 0.309 e. The van der Waals surface area contributed by atoms with E-state index in [4.69, 9.17) is 0 Å². The summed E-state index contributed by atoms with van der Waals surface area (Å²) in [6.45, 7) is 4.86. The van der Waals surface area contributed by atoms with E-state index < -0.39 is 10.8 Å². The summed E-state index contributed by atoms with van der Waals surface area (Å²) in [4.78, 5) is 5.11. The summed E-state index contributed by atoms with van der Waals surface area (Å²) in [6.07, 6.45) is 0. The van der Waals surface area contributed by atoms with Gasteiger partial charge in [0.2, 0.25) is 0 Å². The van der Waals surface area contributed by atoms with Crippen molar-refractivity contribution in [1.82, 2.24) is 0 Å². The molecule has 0 spiro atoms. The van der Waals surface area contributed by atoms with E-state index in [9.17, 15) is 0 Å².